The number of hydrogen-bond donors (Lipinski definition) is 2. The Morgan fingerprint density at radius 2 is 2.00 bits per heavy atom. The second-order valence-electron chi connectivity index (χ2n) is 8.05. The van der Waals surface area contributed by atoms with E-state index in [1.165, 1.54) is 0 Å². The normalized spacial score (nSPS) is 19.7. The maximum atomic E-state index is 12.6. The van der Waals surface area contributed by atoms with Crippen LogP contribution < -0.4 is 14.8 Å². The zero-order valence-corrected chi connectivity index (χ0v) is 17.1. The summed E-state index contributed by atoms with van der Waals surface area (Å²) in [6.07, 6.45) is 2.12. The molecule has 7 nitrogen and oxygen atoms in total. The van der Waals surface area contributed by atoms with Crippen LogP contribution in [-0.2, 0) is 9.53 Å². The first-order valence-electron chi connectivity index (χ1n) is 9.73. The van der Waals surface area contributed by atoms with E-state index in [4.69, 9.17) is 19.3 Å². The van der Waals surface area contributed by atoms with Crippen molar-refractivity contribution in [3.8, 4) is 11.5 Å². The fourth-order valence-electron chi connectivity index (χ4n) is 3.51. The molecule has 1 heterocycles. The lowest BCUT2D eigenvalue weighted by atomic mass is 9.78. The topological polar surface area (TPSA) is 94.1 Å². The Labute approximate surface area is 166 Å². The van der Waals surface area contributed by atoms with Crippen molar-refractivity contribution in [2.24, 2.45) is 11.3 Å². The van der Waals surface area contributed by atoms with Crippen molar-refractivity contribution in [3.05, 3.63) is 23.8 Å². The minimum absolute atomic E-state index is 0.0150. The van der Waals surface area contributed by atoms with Crippen LogP contribution in [0, 0.1) is 11.3 Å². The van der Waals surface area contributed by atoms with Crippen LogP contribution in [0.1, 0.15) is 50.9 Å². The molecular formula is C21H31NO6. The van der Waals surface area contributed by atoms with Crippen molar-refractivity contribution in [2.75, 3.05) is 26.4 Å². The molecule has 2 rings (SSSR count). The zero-order valence-electron chi connectivity index (χ0n) is 17.1. The first kappa shape index (κ1) is 22.0. The summed E-state index contributed by atoms with van der Waals surface area (Å²) in [6, 6.07) is 4.74. The third-order valence-electron chi connectivity index (χ3n) is 4.68. The summed E-state index contributed by atoms with van der Waals surface area (Å²) in [5, 5.41) is 11.8. The number of carbonyl (C=O) groups is 2. The van der Waals surface area contributed by atoms with E-state index in [9.17, 15) is 9.59 Å². The molecule has 28 heavy (non-hydrogen) atoms. The van der Waals surface area contributed by atoms with Gasteiger partial charge in [0.15, 0.2) is 18.1 Å². The Kier molecular flexibility index (Phi) is 7.69. The average molecular weight is 393 g/mol. The van der Waals surface area contributed by atoms with Crippen molar-refractivity contribution in [1.82, 2.24) is 5.32 Å². The predicted octanol–water partition coefficient (Wildman–Crippen LogP) is 3.12. The van der Waals surface area contributed by atoms with Crippen LogP contribution in [0.15, 0.2) is 18.2 Å². The summed E-state index contributed by atoms with van der Waals surface area (Å²) >= 11 is 0. The number of carbonyl (C=O) groups excluding carboxylic acids is 1. The van der Waals surface area contributed by atoms with Gasteiger partial charge in [0.1, 0.15) is 0 Å². The molecular weight excluding hydrogens is 362 g/mol. The molecule has 0 radical (unpaired) electrons. The van der Waals surface area contributed by atoms with Crippen LogP contribution in [-0.4, -0.2) is 49.5 Å². The van der Waals surface area contributed by atoms with E-state index in [-0.39, 0.29) is 23.3 Å². The molecule has 0 bridgehead atoms. The zero-order chi connectivity index (χ0) is 20.7. The molecule has 0 unspecified atom stereocenters. The molecule has 1 aliphatic rings. The molecule has 1 aliphatic heterocycles. The number of ether oxygens (including phenoxy) is 3. The SMILES string of the molecule is CCOc1cc(C(=O)NC[C@H]2CCCO[C@H]2C(C)(C)C)ccc1OCC(=O)O. The highest BCUT2D eigenvalue weighted by atomic mass is 16.5. The Morgan fingerprint density at radius 3 is 2.64 bits per heavy atom. The van der Waals surface area contributed by atoms with E-state index < -0.39 is 12.6 Å². The molecule has 0 aromatic heterocycles. The first-order valence-corrected chi connectivity index (χ1v) is 9.73. The van der Waals surface area contributed by atoms with Crippen molar-refractivity contribution >= 4 is 11.9 Å². The Bertz CT molecular complexity index is 682. The highest BCUT2D eigenvalue weighted by molar-refractivity contribution is 5.94. The highest BCUT2D eigenvalue weighted by Crippen LogP contribution is 2.34. The number of rotatable bonds is 8. The van der Waals surface area contributed by atoms with Gasteiger partial charge in [0.25, 0.3) is 5.91 Å². The van der Waals surface area contributed by atoms with Gasteiger partial charge in [-0.05, 0) is 43.4 Å². The van der Waals surface area contributed by atoms with Gasteiger partial charge in [0.05, 0.1) is 12.7 Å². The standard InChI is InChI=1S/C21H31NO6/c1-5-26-17-11-14(8-9-16(17)28-13-18(23)24)20(25)22-12-15-7-6-10-27-19(15)21(2,3)4/h8-9,11,15,19H,5-7,10,12-13H2,1-4H3,(H,22,25)(H,23,24)/t15-,19-/m1/s1. The van der Waals surface area contributed by atoms with Crippen LogP contribution in [0.3, 0.4) is 0 Å². The lowest BCUT2D eigenvalue weighted by Gasteiger charge is -2.40. The van der Waals surface area contributed by atoms with Gasteiger partial charge in [-0.3, -0.25) is 4.79 Å². The van der Waals surface area contributed by atoms with Crippen LogP contribution in [0.4, 0.5) is 0 Å². The number of aliphatic carboxylic acids is 1. The van der Waals surface area contributed by atoms with E-state index >= 15 is 0 Å². The van der Waals surface area contributed by atoms with Crippen LogP contribution in [0.2, 0.25) is 0 Å². The van der Waals surface area contributed by atoms with E-state index in [2.05, 4.69) is 26.1 Å². The minimum atomic E-state index is -1.08. The van der Waals surface area contributed by atoms with E-state index in [1.807, 2.05) is 6.92 Å². The minimum Gasteiger partial charge on any atom is -0.490 e. The third kappa shape index (κ3) is 6.12. The summed E-state index contributed by atoms with van der Waals surface area (Å²) < 4.78 is 16.7. The lowest BCUT2D eigenvalue weighted by molar-refractivity contribution is -0.139. The monoisotopic (exact) mass is 393 g/mol. The van der Waals surface area contributed by atoms with Crippen molar-refractivity contribution in [1.29, 1.82) is 0 Å². The fourth-order valence-corrected chi connectivity index (χ4v) is 3.51. The van der Waals surface area contributed by atoms with Gasteiger partial charge in [-0.25, -0.2) is 4.79 Å². The maximum absolute atomic E-state index is 12.6. The van der Waals surface area contributed by atoms with E-state index in [0.29, 0.717) is 30.2 Å². The van der Waals surface area contributed by atoms with Crippen molar-refractivity contribution in [3.63, 3.8) is 0 Å². The van der Waals surface area contributed by atoms with Crippen LogP contribution in [0.25, 0.3) is 0 Å². The van der Waals surface area contributed by atoms with Gasteiger partial charge in [0, 0.05) is 24.6 Å². The van der Waals surface area contributed by atoms with Crippen LogP contribution in [0.5, 0.6) is 11.5 Å². The molecule has 1 fully saturated rings. The van der Waals surface area contributed by atoms with Gasteiger partial charge >= 0.3 is 5.97 Å². The first-order chi connectivity index (χ1) is 13.2. The predicted molar refractivity (Wildman–Crippen MR) is 105 cm³/mol. The van der Waals surface area contributed by atoms with Gasteiger partial charge in [0.2, 0.25) is 0 Å². The molecule has 1 aromatic rings. The summed E-state index contributed by atoms with van der Waals surface area (Å²) in [5.41, 5.74) is 0.455. The fraction of sp³-hybridized carbons (Fsp3) is 0.619. The van der Waals surface area contributed by atoms with Gasteiger partial charge in [-0.2, -0.15) is 0 Å². The van der Waals surface area contributed by atoms with Gasteiger partial charge in [-0.15, -0.1) is 0 Å². The van der Waals surface area contributed by atoms with Gasteiger partial charge < -0.3 is 24.6 Å². The van der Waals surface area contributed by atoms with Crippen molar-refractivity contribution < 1.29 is 28.9 Å². The number of amides is 1. The summed E-state index contributed by atoms with van der Waals surface area (Å²) in [4.78, 5) is 23.3. The number of nitrogens with one attached hydrogen (secondary N) is 1. The molecule has 0 aliphatic carbocycles. The number of hydrogen-bond acceptors (Lipinski definition) is 5. The summed E-state index contributed by atoms with van der Waals surface area (Å²) in [7, 11) is 0. The van der Waals surface area contributed by atoms with Crippen LogP contribution >= 0.6 is 0 Å². The molecule has 0 saturated carbocycles. The Balaban J connectivity index is 2.04. The number of carboxylic acids is 1. The lowest BCUT2D eigenvalue weighted by Crippen LogP contribution is -2.45. The second-order valence-corrected chi connectivity index (χ2v) is 8.05. The Hall–Kier alpha value is -2.28. The summed E-state index contributed by atoms with van der Waals surface area (Å²) in [6.45, 7) is 9.49. The molecule has 1 aromatic carbocycles. The third-order valence-corrected chi connectivity index (χ3v) is 4.68. The quantitative estimate of drug-likeness (QED) is 0.705. The molecule has 2 atom stereocenters. The molecule has 2 N–H and O–H groups in total. The molecule has 1 saturated heterocycles. The average Bonchev–Trinajstić information content (AvgIpc) is 2.64. The number of benzene rings is 1. The second kappa shape index (κ2) is 9.78. The van der Waals surface area contributed by atoms with E-state index in [1.54, 1.807) is 18.2 Å². The van der Waals surface area contributed by atoms with E-state index in [0.717, 1.165) is 19.4 Å². The van der Waals surface area contributed by atoms with Crippen molar-refractivity contribution in [2.45, 2.75) is 46.6 Å². The smallest absolute Gasteiger partial charge is 0.341 e. The number of carboxylic acid groups (broad SMARTS) is 1. The maximum Gasteiger partial charge on any atom is 0.341 e. The summed E-state index contributed by atoms with van der Waals surface area (Å²) in [5.74, 6) is -0.363. The largest absolute Gasteiger partial charge is 0.490 e. The van der Waals surface area contributed by atoms with Gasteiger partial charge in [-0.1, -0.05) is 20.8 Å². The Morgan fingerprint density at radius 1 is 1.25 bits per heavy atom. The highest BCUT2D eigenvalue weighted by Gasteiger charge is 2.35. The molecule has 0 spiro atoms. The molecule has 1 amide bonds. The molecule has 156 valence electrons. The molecule has 7 heteroatoms.